The molecule has 1 aromatic heterocycles. The summed E-state index contributed by atoms with van der Waals surface area (Å²) in [5, 5.41) is 5.08. The van der Waals surface area contributed by atoms with Gasteiger partial charge in [-0.1, -0.05) is 30.3 Å². The highest BCUT2D eigenvalue weighted by Gasteiger charge is 2.18. The van der Waals surface area contributed by atoms with E-state index < -0.39 is 0 Å². The number of amides is 1. The molecule has 0 atom stereocenters. The van der Waals surface area contributed by atoms with E-state index in [0.717, 1.165) is 16.5 Å². The van der Waals surface area contributed by atoms with Gasteiger partial charge in [-0.15, -0.1) is 0 Å². The maximum absolute atomic E-state index is 12.6. The molecular weight excluding hydrogens is 462 g/mol. The van der Waals surface area contributed by atoms with Crippen molar-refractivity contribution in [1.82, 2.24) is 0 Å². The smallest absolute Gasteiger partial charge is 0.291 e. The van der Waals surface area contributed by atoms with Crippen molar-refractivity contribution >= 4 is 38.3 Å². The monoisotopic (exact) mass is 479 g/mol. The predicted octanol–water partition coefficient (Wildman–Crippen LogP) is 5.80. The lowest BCUT2D eigenvalue weighted by Crippen LogP contribution is -2.16. The van der Waals surface area contributed by atoms with Gasteiger partial charge in [0.1, 0.15) is 31.3 Å². The summed E-state index contributed by atoms with van der Waals surface area (Å²) in [5.41, 5.74) is 0.569. The molecule has 7 heteroatoms. The molecule has 1 amide bonds. The van der Waals surface area contributed by atoms with Gasteiger partial charge in [0.2, 0.25) is 0 Å². The van der Waals surface area contributed by atoms with Crippen LogP contribution in [0.25, 0.3) is 10.8 Å². The van der Waals surface area contributed by atoms with E-state index in [4.69, 9.17) is 18.6 Å². The number of hydrogen-bond donors (Lipinski definition) is 1. The molecule has 0 saturated heterocycles. The highest BCUT2D eigenvalue weighted by atomic mass is 79.9. The molecule has 0 bridgehead atoms. The van der Waals surface area contributed by atoms with Crippen LogP contribution < -0.4 is 19.5 Å². The quantitative estimate of drug-likeness (QED) is 0.391. The maximum atomic E-state index is 12.6. The first kappa shape index (κ1) is 19.5. The van der Waals surface area contributed by atoms with Crippen LogP contribution in [0.1, 0.15) is 16.3 Å². The third kappa shape index (κ3) is 4.22. The molecule has 4 aromatic rings. The maximum Gasteiger partial charge on any atom is 0.291 e. The van der Waals surface area contributed by atoms with Gasteiger partial charge >= 0.3 is 0 Å². The Balaban J connectivity index is 1.25. The van der Waals surface area contributed by atoms with Crippen molar-refractivity contribution in [1.29, 1.82) is 0 Å². The van der Waals surface area contributed by atoms with Gasteiger partial charge in [-0.05, 0) is 51.0 Å². The largest absolute Gasteiger partial charge is 0.486 e. The topological polar surface area (TPSA) is 69.9 Å². The number of furan rings is 1. The fourth-order valence-corrected chi connectivity index (χ4v) is 3.75. The predicted molar refractivity (Wildman–Crippen MR) is 120 cm³/mol. The van der Waals surface area contributed by atoms with Gasteiger partial charge in [-0.2, -0.15) is 0 Å². The van der Waals surface area contributed by atoms with Crippen molar-refractivity contribution in [3.05, 3.63) is 82.7 Å². The Morgan fingerprint density at radius 1 is 0.935 bits per heavy atom. The first-order valence-electron chi connectivity index (χ1n) is 9.76. The van der Waals surface area contributed by atoms with Crippen LogP contribution >= 0.6 is 15.9 Å². The summed E-state index contributed by atoms with van der Waals surface area (Å²) in [6, 6.07) is 20.8. The zero-order chi connectivity index (χ0) is 21.2. The molecule has 1 aliphatic rings. The van der Waals surface area contributed by atoms with E-state index in [0.29, 0.717) is 40.6 Å². The third-order valence-electron chi connectivity index (χ3n) is 4.87. The molecule has 0 saturated carbocycles. The molecule has 0 fully saturated rings. The molecule has 0 unspecified atom stereocenters. The lowest BCUT2D eigenvalue weighted by molar-refractivity contribution is 0.0992. The number of fused-ring (bicyclic) bond motifs is 2. The van der Waals surface area contributed by atoms with Gasteiger partial charge in [-0.25, -0.2) is 0 Å². The van der Waals surface area contributed by atoms with Gasteiger partial charge in [-0.3, -0.25) is 4.79 Å². The highest BCUT2D eigenvalue weighted by molar-refractivity contribution is 9.10. The van der Waals surface area contributed by atoms with Gasteiger partial charge in [0.15, 0.2) is 17.3 Å². The number of carbonyl (C=O) groups is 1. The van der Waals surface area contributed by atoms with Crippen LogP contribution in [0.2, 0.25) is 0 Å². The molecule has 6 nitrogen and oxygen atoms in total. The first-order valence-corrected chi connectivity index (χ1v) is 10.6. The van der Waals surface area contributed by atoms with Crippen molar-refractivity contribution in [2.24, 2.45) is 0 Å². The number of nitrogens with one attached hydrogen (secondary N) is 1. The fourth-order valence-electron chi connectivity index (χ4n) is 3.33. The molecular formula is C24H18BrNO5. The Kier molecular flexibility index (Phi) is 5.26. The van der Waals surface area contributed by atoms with Gasteiger partial charge in [0.05, 0.1) is 5.69 Å². The summed E-state index contributed by atoms with van der Waals surface area (Å²) >= 11 is 3.45. The minimum atomic E-state index is -0.366. The molecule has 0 aliphatic carbocycles. The molecule has 2 heterocycles. The zero-order valence-electron chi connectivity index (χ0n) is 16.4. The molecule has 3 aromatic carbocycles. The van der Waals surface area contributed by atoms with Crippen molar-refractivity contribution in [3.8, 4) is 17.2 Å². The van der Waals surface area contributed by atoms with E-state index in [9.17, 15) is 4.79 Å². The Hall–Kier alpha value is -3.45. The molecule has 1 aliphatic heterocycles. The fraction of sp³-hybridized carbons (Fsp3) is 0.125. The first-order chi connectivity index (χ1) is 15.2. The summed E-state index contributed by atoms with van der Waals surface area (Å²) in [4.78, 5) is 12.6. The summed E-state index contributed by atoms with van der Waals surface area (Å²) in [5.74, 6) is 2.35. The second-order valence-corrected chi connectivity index (χ2v) is 7.85. The van der Waals surface area contributed by atoms with Crippen molar-refractivity contribution < 1.29 is 23.4 Å². The molecule has 5 rings (SSSR count). The summed E-state index contributed by atoms with van der Waals surface area (Å²) < 4.78 is 23.3. The average Bonchev–Trinajstić information content (AvgIpc) is 3.27. The van der Waals surface area contributed by atoms with Gasteiger partial charge in [0.25, 0.3) is 5.91 Å². The minimum Gasteiger partial charge on any atom is -0.486 e. The second kappa shape index (κ2) is 8.35. The number of halogens is 1. The van der Waals surface area contributed by atoms with Crippen LogP contribution in [-0.2, 0) is 6.61 Å². The van der Waals surface area contributed by atoms with Gasteiger partial charge in [0, 0.05) is 16.6 Å². The summed E-state index contributed by atoms with van der Waals surface area (Å²) in [6.07, 6.45) is 0. The number of rotatable bonds is 5. The minimum absolute atomic E-state index is 0.193. The zero-order valence-corrected chi connectivity index (χ0v) is 18.0. The van der Waals surface area contributed by atoms with E-state index in [1.165, 1.54) is 0 Å². The van der Waals surface area contributed by atoms with E-state index in [1.54, 1.807) is 24.3 Å². The lowest BCUT2D eigenvalue weighted by Gasteiger charge is -2.20. The number of ether oxygens (including phenoxy) is 3. The Bertz CT molecular complexity index is 1270. The molecule has 156 valence electrons. The summed E-state index contributed by atoms with van der Waals surface area (Å²) in [7, 11) is 0. The van der Waals surface area contributed by atoms with Crippen molar-refractivity contribution in [2.75, 3.05) is 18.5 Å². The van der Waals surface area contributed by atoms with E-state index in [1.807, 2.05) is 36.4 Å². The van der Waals surface area contributed by atoms with E-state index in [-0.39, 0.29) is 18.3 Å². The van der Waals surface area contributed by atoms with Crippen LogP contribution in [0, 0.1) is 0 Å². The Morgan fingerprint density at radius 3 is 2.55 bits per heavy atom. The van der Waals surface area contributed by atoms with Crippen molar-refractivity contribution in [3.63, 3.8) is 0 Å². The Labute approximate surface area is 186 Å². The molecule has 31 heavy (non-hydrogen) atoms. The van der Waals surface area contributed by atoms with Crippen LogP contribution in [-0.4, -0.2) is 19.1 Å². The van der Waals surface area contributed by atoms with Crippen LogP contribution in [0.4, 0.5) is 5.69 Å². The number of anilines is 1. The highest BCUT2D eigenvalue weighted by Crippen LogP contribution is 2.38. The third-order valence-corrected chi connectivity index (χ3v) is 5.52. The average molecular weight is 480 g/mol. The SMILES string of the molecule is O=C(Nc1cc2c(cc1Br)OCCO2)c1ccc(COc2ccc3ccccc3c2)o1. The molecule has 0 radical (unpaired) electrons. The standard InChI is InChI=1S/C24H18BrNO5/c25-19-12-22-23(29-10-9-28-22)13-20(19)26-24(27)21-8-7-18(31-21)14-30-17-6-5-15-3-1-2-4-16(15)11-17/h1-8,11-13H,9-10,14H2,(H,26,27). The van der Waals surface area contributed by atoms with Crippen molar-refractivity contribution in [2.45, 2.75) is 6.61 Å². The number of carbonyl (C=O) groups excluding carboxylic acids is 1. The van der Waals surface area contributed by atoms with Crippen LogP contribution in [0.3, 0.4) is 0 Å². The second-order valence-electron chi connectivity index (χ2n) is 6.99. The van der Waals surface area contributed by atoms with Crippen LogP contribution in [0.15, 0.2) is 75.6 Å². The normalized spacial score (nSPS) is 12.5. The molecule has 1 N–H and O–H groups in total. The van der Waals surface area contributed by atoms with Crippen LogP contribution in [0.5, 0.6) is 17.2 Å². The number of hydrogen-bond acceptors (Lipinski definition) is 5. The lowest BCUT2D eigenvalue weighted by atomic mass is 10.1. The Morgan fingerprint density at radius 2 is 1.71 bits per heavy atom. The summed E-state index contributed by atoms with van der Waals surface area (Å²) in [6.45, 7) is 1.20. The molecule has 0 spiro atoms. The van der Waals surface area contributed by atoms with E-state index in [2.05, 4.69) is 27.3 Å². The number of benzene rings is 3. The van der Waals surface area contributed by atoms with Gasteiger partial charge < -0.3 is 23.9 Å². The van der Waals surface area contributed by atoms with E-state index >= 15 is 0 Å².